The number of aliphatic hydroxyl groups is 2. The van der Waals surface area contributed by atoms with Crippen LogP contribution in [0.1, 0.15) is 15.9 Å². The van der Waals surface area contributed by atoms with Crippen molar-refractivity contribution < 1.29 is 54.1 Å². The number of allylic oxidation sites excluding steroid dienone is 4. The highest BCUT2D eigenvalue weighted by Crippen LogP contribution is 2.39. The molecule has 2 aromatic rings. The second kappa shape index (κ2) is 10.6. The van der Waals surface area contributed by atoms with Crippen LogP contribution < -0.4 is 14.2 Å². The van der Waals surface area contributed by atoms with Crippen LogP contribution in [0.2, 0.25) is 0 Å². The molecule has 11 nitrogen and oxygen atoms in total. The van der Waals surface area contributed by atoms with Gasteiger partial charge in [-0.05, 0) is 30.4 Å². The number of hydrogen-bond acceptors (Lipinski definition) is 11. The topological polar surface area (TPSA) is 172 Å². The molecule has 5 N–H and O–H groups in total. The van der Waals surface area contributed by atoms with Crippen LogP contribution >= 0.6 is 0 Å². The lowest BCUT2D eigenvalue weighted by Crippen LogP contribution is -2.25. The summed E-state index contributed by atoms with van der Waals surface area (Å²) in [6.07, 6.45) is 1.23. The number of phenols is 3. The summed E-state index contributed by atoms with van der Waals surface area (Å²) in [7, 11) is 4.11. The van der Waals surface area contributed by atoms with Crippen LogP contribution in [0.25, 0.3) is 0 Å². The molecule has 0 fully saturated rings. The highest BCUT2D eigenvalue weighted by atomic mass is 16.6. The monoisotopic (exact) mass is 500 g/mol. The van der Waals surface area contributed by atoms with Crippen molar-refractivity contribution in [2.45, 2.75) is 12.5 Å². The molecular formula is C25H24O11. The van der Waals surface area contributed by atoms with Crippen molar-refractivity contribution in [2.24, 2.45) is 0 Å². The molecule has 0 unspecified atom stereocenters. The molecule has 11 heteroatoms. The first-order valence-corrected chi connectivity index (χ1v) is 10.4. The number of phenolic OH excluding ortho intramolecular Hbond substituents is 3. The molecule has 0 saturated carbocycles. The van der Waals surface area contributed by atoms with E-state index in [-0.39, 0.29) is 33.9 Å². The number of ketones is 1. The maximum absolute atomic E-state index is 13.1. The van der Waals surface area contributed by atoms with Crippen molar-refractivity contribution in [2.75, 3.05) is 21.3 Å². The number of methoxy groups -OCH3 is 3. The molecule has 0 radical (unpaired) electrons. The molecule has 1 atom stereocenters. The van der Waals surface area contributed by atoms with Crippen molar-refractivity contribution in [3.63, 3.8) is 0 Å². The van der Waals surface area contributed by atoms with Crippen LogP contribution in [0.3, 0.4) is 0 Å². The quantitative estimate of drug-likeness (QED) is 0.266. The van der Waals surface area contributed by atoms with Crippen LogP contribution in [0.5, 0.6) is 34.5 Å². The Bertz CT molecular complexity index is 1240. The van der Waals surface area contributed by atoms with Crippen molar-refractivity contribution in [3.8, 4) is 34.5 Å². The predicted molar refractivity (Wildman–Crippen MR) is 125 cm³/mol. The summed E-state index contributed by atoms with van der Waals surface area (Å²) in [6, 6.07) is 4.57. The van der Waals surface area contributed by atoms with Gasteiger partial charge in [-0.2, -0.15) is 0 Å². The summed E-state index contributed by atoms with van der Waals surface area (Å²) < 4.78 is 21.2. The summed E-state index contributed by atoms with van der Waals surface area (Å²) in [4.78, 5) is 24.7. The molecule has 0 aliphatic heterocycles. The zero-order valence-electron chi connectivity index (χ0n) is 19.5. The maximum atomic E-state index is 13.1. The second-order valence-corrected chi connectivity index (χ2v) is 7.54. The van der Waals surface area contributed by atoms with Crippen molar-refractivity contribution >= 4 is 11.8 Å². The number of aromatic hydroxyl groups is 3. The van der Waals surface area contributed by atoms with E-state index in [1.807, 2.05) is 0 Å². The van der Waals surface area contributed by atoms with Gasteiger partial charge in [0.25, 0.3) is 0 Å². The average Bonchev–Trinajstić information content (AvgIpc) is 2.85. The van der Waals surface area contributed by atoms with E-state index in [2.05, 4.69) is 0 Å². The number of benzene rings is 2. The Morgan fingerprint density at radius 1 is 0.889 bits per heavy atom. The largest absolute Gasteiger partial charge is 0.508 e. The molecule has 0 heterocycles. The van der Waals surface area contributed by atoms with Crippen molar-refractivity contribution in [1.82, 2.24) is 0 Å². The zero-order valence-corrected chi connectivity index (χ0v) is 19.5. The molecule has 190 valence electrons. The average molecular weight is 500 g/mol. The van der Waals surface area contributed by atoms with Gasteiger partial charge < -0.3 is 44.5 Å². The summed E-state index contributed by atoms with van der Waals surface area (Å²) in [5.41, 5.74) is -0.238. The van der Waals surface area contributed by atoms with E-state index in [1.165, 1.54) is 39.5 Å². The number of aliphatic hydroxyl groups excluding tert-OH is 2. The zero-order chi connectivity index (χ0) is 26.6. The molecule has 0 amide bonds. The van der Waals surface area contributed by atoms with Gasteiger partial charge in [0, 0.05) is 29.7 Å². The smallest absolute Gasteiger partial charge is 0.339 e. The fraction of sp³-hybridized carbons (Fsp3) is 0.200. The fourth-order valence-electron chi connectivity index (χ4n) is 3.47. The van der Waals surface area contributed by atoms with E-state index >= 15 is 0 Å². The van der Waals surface area contributed by atoms with Crippen LogP contribution in [-0.4, -0.2) is 64.7 Å². The predicted octanol–water partition coefficient (Wildman–Crippen LogP) is 2.99. The van der Waals surface area contributed by atoms with Gasteiger partial charge in [-0.1, -0.05) is 0 Å². The maximum Gasteiger partial charge on any atom is 0.339 e. The molecule has 2 aromatic carbocycles. The molecule has 0 spiro atoms. The Hall–Kier alpha value is -4.80. The first-order valence-electron chi connectivity index (χ1n) is 10.4. The number of carbonyl (C=O) groups excluding carboxylic acids is 2. The molecule has 3 rings (SSSR count). The van der Waals surface area contributed by atoms with E-state index in [1.54, 1.807) is 0 Å². The Labute approximate surface area is 205 Å². The standard InChI is InChI=1S/C25H24O11/c1-33-21-7-13(8-22(34-2)24(21)35-3)25(32)36-20(11-15-17(28)9-14(26)10-18(15)29)23(31)12-4-5-16(27)19(30)6-12/h4-10,20,26,28-31H,11H2,1-3H3/b23-12-/t20-/m1/s1. The minimum Gasteiger partial charge on any atom is -0.508 e. The van der Waals surface area contributed by atoms with Gasteiger partial charge in [0.1, 0.15) is 23.0 Å². The van der Waals surface area contributed by atoms with Gasteiger partial charge in [0.2, 0.25) is 11.5 Å². The summed E-state index contributed by atoms with van der Waals surface area (Å²) in [6.45, 7) is 0. The lowest BCUT2D eigenvalue weighted by atomic mass is 9.98. The normalized spacial score (nSPS) is 15.1. The van der Waals surface area contributed by atoms with Gasteiger partial charge in [-0.15, -0.1) is 0 Å². The molecule has 1 aliphatic rings. The van der Waals surface area contributed by atoms with Crippen LogP contribution in [0.15, 0.2) is 59.6 Å². The number of hydrogen-bond donors (Lipinski definition) is 5. The van der Waals surface area contributed by atoms with E-state index < -0.39 is 53.0 Å². The second-order valence-electron chi connectivity index (χ2n) is 7.54. The summed E-state index contributed by atoms with van der Waals surface area (Å²) >= 11 is 0. The third kappa shape index (κ3) is 5.30. The number of esters is 1. The SMILES string of the molecule is COc1cc(C(=O)O[C@H](Cc2c(O)cc(O)cc2O)/C(O)=C2\C=CC(=O)C(O)=C2)cc(OC)c1OC. The minimum absolute atomic E-state index is 0.0424. The Morgan fingerprint density at radius 3 is 1.97 bits per heavy atom. The van der Waals surface area contributed by atoms with Gasteiger partial charge >= 0.3 is 5.97 Å². The number of rotatable bonds is 8. The number of ether oxygens (including phenoxy) is 4. The third-order valence-corrected chi connectivity index (χ3v) is 5.29. The Kier molecular flexibility index (Phi) is 7.63. The lowest BCUT2D eigenvalue weighted by Gasteiger charge is -2.21. The third-order valence-electron chi connectivity index (χ3n) is 5.29. The first kappa shape index (κ1) is 25.8. The van der Waals surface area contributed by atoms with Crippen LogP contribution in [0, 0.1) is 0 Å². The lowest BCUT2D eigenvalue weighted by molar-refractivity contribution is -0.113. The Balaban J connectivity index is 2.06. The van der Waals surface area contributed by atoms with Crippen LogP contribution in [0.4, 0.5) is 0 Å². The van der Waals surface area contributed by atoms with Crippen molar-refractivity contribution in [1.29, 1.82) is 0 Å². The summed E-state index contributed by atoms with van der Waals surface area (Å²) in [5.74, 6) is -3.77. The van der Waals surface area contributed by atoms with Gasteiger partial charge in [0.05, 0.1) is 26.9 Å². The number of carbonyl (C=O) groups is 2. The summed E-state index contributed by atoms with van der Waals surface area (Å²) in [5, 5.41) is 50.7. The van der Waals surface area contributed by atoms with E-state index in [0.29, 0.717) is 0 Å². The Morgan fingerprint density at radius 2 is 1.47 bits per heavy atom. The molecule has 0 bridgehead atoms. The fourth-order valence-corrected chi connectivity index (χ4v) is 3.47. The van der Waals surface area contributed by atoms with Crippen molar-refractivity contribution in [3.05, 3.63) is 70.7 Å². The molecule has 36 heavy (non-hydrogen) atoms. The van der Waals surface area contributed by atoms with Gasteiger partial charge in [-0.3, -0.25) is 4.79 Å². The van der Waals surface area contributed by atoms with Gasteiger partial charge in [-0.25, -0.2) is 4.79 Å². The highest BCUT2D eigenvalue weighted by Gasteiger charge is 2.28. The molecular weight excluding hydrogens is 476 g/mol. The minimum atomic E-state index is -1.52. The molecule has 0 aromatic heterocycles. The van der Waals surface area contributed by atoms with E-state index in [0.717, 1.165) is 24.3 Å². The van der Waals surface area contributed by atoms with Crippen LogP contribution in [-0.2, 0) is 16.0 Å². The molecule has 0 saturated heterocycles. The highest BCUT2D eigenvalue weighted by molar-refractivity contribution is 6.04. The first-order chi connectivity index (χ1) is 17.1. The molecule has 1 aliphatic carbocycles. The van der Waals surface area contributed by atoms with Gasteiger partial charge in [0.15, 0.2) is 23.4 Å². The van der Waals surface area contributed by atoms with E-state index in [9.17, 15) is 35.1 Å². The van der Waals surface area contributed by atoms with E-state index in [4.69, 9.17) is 18.9 Å².